The molecule has 0 radical (unpaired) electrons. The van der Waals surface area contributed by atoms with Crippen LogP contribution in [0.15, 0.2) is 22.7 Å². The van der Waals surface area contributed by atoms with Crippen LogP contribution < -0.4 is 5.32 Å². The van der Waals surface area contributed by atoms with Crippen molar-refractivity contribution in [2.24, 2.45) is 0 Å². The van der Waals surface area contributed by atoms with E-state index in [1.807, 2.05) is 51.0 Å². The van der Waals surface area contributed by atoms with Crippen molar-refractivity contribution in [1.29, 1.82) is 0 Å². The second-order valence-electron chi connectivity index (χ2n) is 7.24. The average molecular weight is 342 g/mol. The lowest BCUT2D eigenvalue weighted by molar-refractivity contribution is 0.0891. The monoisotopic (exact) mass is 342 g/mol. The SMILES string of the molecule is Cc1cccc(C(=O)NC2(c3noc(CN(C)C)n3)CCCC2)c1C. The Bertz CT molecular complexity index is 761. The summed E-state index contributed by atoms with van der Waals surface area (Å²) in [7, 11) is 3.91. The number of rotatable bonds is 5. The third kappa shape index (κ3) is 3.58. The first kappa shape index (κ1) is 17.6. The number of hydrogen-bond donors (Lipinski definition) is 1. The molecule has 0 spiro atoms. The molecule has 6 heteroatoms. The van der Waals surface area contributed by atoms with Crippen molar-refractivity contribution < 1.29 is 9.32 Å². The fourth-order valence-corrected chi connectivity index (χ4v) is 3.45. The molecule has 1 amide bonds. The van der Waals surface area contributed by atoms with Gasteiger partial charge in [-0.2, -0.15) is 4.98 Å². The number of aromatic nitrogens is 2. The minimum absolute atomic E-state index is 0.0675. The summed E-state index contributed by atoms with van der Waals surface area (Å²) in [6.07, 6.45) is 3.77. The topological polar surface area (TPSA) is 71.3 Å². The van der Waals surface area contributed by atoms with Crippen molar-refractivity contribution in [3.05, 3.63) is 46.6 Å². The zero-order chi connectivity index (χ0) is 18.0. The Morgan fingerprint density at radius 3 is 2.68 bits per heavy atom. The molecule has 0 atom stereocenters. The highest BCUT2D eigenvalue weighted by Gasteiger charge is 2.41. The predicted molar refractivity (Wildman–Crippen MR) is 95.2 cm³/mol. The first-order valence-corrected chi connectivity index (χ1v) is 8.78. The van der Waals surface area contributed by atoms with Crippen LogP contribution in [0.5, 0.6) is 0 Å². The quantitative estimate of drug-likeness (QED) is 0.904. The Morgan fingerprint density at radius 2 is 2.00 bits per heavy atom. The van der Waals surface area contributed by atoms with Crippen molar-refractivity contribution in [3.63, 3.8) is 0 Å². The molecule has 0 unspecified atom stereocenters. The zero-order valence-electron chi connectivity index (χ0n) is 15.4. The van der Waals surface area contributed by atoms with Crippen molar-refractivity contribution >= 4 is 5.91 Å². The van der Waals surface area contributed by atoms with E-state index in [-0.39, 0.29) is 5.91 Å². The van der Waals surface area contributed by atoms with Gasteiger partial charge in [-0.05, 0) is 58.0 Å². The van der Waals surface area contributed by atoms with E-state index in [4.69, 9.17) is 4.52 Å². The molecule has 0 saturated heterocycles. The molecule has 25 heavy (non-hydrogen) atoms. The molecule has 1 saturated carbocycles. The Morgan fingerprint density at radius 1 is 1.28 bits per heavy atom. The Labute approximate surface area is 148 Å². The number of nitrogens with zero attached hydrogens (tertiary/aromatic N) is 3. The summed E-state index contributed by atoms with van der Waals surface area (Å²) < 4.78 is 5.39. The van der Waals surface area contributed by atoms with Gasteiger partial charge >= 0.3 is 0 Å². The van der Waals surface area contributed by atoms with E-state index in [2.05, 4.69) is 15.5 Å². The van der Waals surface area contributed by atoms with Crippen LogP contribution >= 0.6 is 0 Å². The van der Waals surface area contributed by atoms with E-state index in [1.165, 1.54) is 0 Å². The van der Waals surface area contributed by atoms with Gasteiger partial charge in [-0.1, -0.05) is 30.1 Å². The molecule has 3 rings (SSSR count). The summed E-state index contributed by atoms with van der Waals surface area (Å²) in [6, 6.07) is 5.81. The van der Waals surface area contributed by atoms with E-state index in [0.717, 1.165) is 36.8 Å². The van der Waals surface area contributed by atoms with Gasteiger partial charge in [0.05, 0.1) is 6.54 Å². The van der Waals surface area contributed by atoms with Gasteiger partial charge < -0.3 is 14.7 Å². The third-order valence-electron chi connectivity index (χ3n) is 5.01. The second kappa shape index (κ2) is 6.96. The summed E-state index contributed by atoms with van der Waals surface area (Å²) >= 11 is 0. The van der Waals surface area contributed by atoms with Crippen LogP contribution in [0.3, 0.4) is 0 Å². The van der Waals surface area contributed by atoms with Gasteiger partial charge in [-0.3, -0.25) is 4.79 Å². The molecule has 0 aliphatic heterocycles. The van der Waals surface area contributed by atoms with E-state index in [0.29, 0.717) is 23.8 Å². The molecular weight excluding hydrogens is 316 g/mol. The summed E-state index contributed by atoms with van der Waals surface area (Å²) in [5.74, 6) is 1.11. The van der Waals surface area contributed by atoms with Crippen molar-refractivity contribution in [2.75, 3.05) is 14.1 Å². The van der Waals surface area contributed by atoms with Gasteiger partial charge in [0, 0.05) is 5.56 Å². The molecule has 2 aromatic rings. The van der Waals surface area contributed by atoms with Crippen LogP contribution in [0, 0.1) is 13.8 Å². The molecule has 1 fully saturated rings. The summed E-state index contributed by atoms with van der Waals surface area (Å²) in [4.78, 5) is 19.5. The maximum absolute atomic E-state index is 12.9. The van der Waals surface area contributed by atoms with Crippen molar-refractivity contribution in [1.82, 2.24) is 20.4 Å². The lowest BCUT2D eigenvalue weighted by Gasteiger charge is -2.27. The standard InChI is InChI=1S/C19H26N4O2/c1-13-8-7-9-15(14(13)2)17(24)21-19(10-5-6-11-19)18-20-16(25-22-18)12-23(3)4/h7-9H,5-6,10-12H2,1-4H3,(H,21,24). The fourth-order valence-electron chi connectivity index (χ4n) is 3.45. The van der Waals surface area contributed by atoms with Crippen molar-refractivity contribution in [3.8, 4) is 0 Å². The molecule has 1 N–H and O–H groups in total. The van der Waals surface area contributed by atoms with Crippen LogP contribution in [-0.4, -0.2) is 35.0 Å². The first-order valence-electron chi connectivity index (χ1n) is 8.78. The van der Waals surface area contributed by atoms with E-state index in [1.54, 1.807) is 0 Å². The minimum atomic E-state index is -0.526. The van der Waals surface area contributed by atoms with Crippen LogP contribution in [0.4, 0.5) is 0 Å². The highest BCUT2D eigenvalue weighted by atomic mass is 16.5. The zero-order valence-corrected chi connectivity index (χ0v) is 15.4. The second-order valence-corrected chi connectivity index (χ2v) is 7.24. The van der Waals surface area contributed by atoms with Crippen LogP contribution in [0.25, 0.3) is 0 Å². The van der Waals surface area contributed by atoms with Crippen LogP contribution in [-0.2, 0) is 12.1 Å². The van der Waals surface area contributed by atoms with Crippen molar-refractivity contribution in [2.45, 2.75) is 51.6 Å². The fraction of sp³-hybridized carbons (Fsp3) is 0.526. The number of amides is 1. The number of benzene rings is 1. The van der Waals surface area contributed by atoms with E-state index in [9.17, 15) is 4.79 Å². The maximum Gasteiger partial charge on any atom is 0.252 e. The molecule has 1 heterocycles. The van der Waals surface area contributed by atoms with Gasteiger partial charge in [-0.15, -0.1) is 0 Å². The van der Waals surface area contributed by atoms with Gasteiger partial charge in [-0.25, -0.2) is 0 Å². The maximum atomic E-state index is 12.9. The first-order chi connectivity index (χ1) is 11.9. The lowest BCUT2D eigenvalue weighted by atomic mass is 9.94. The third-order valence-corrected chi connectivity index (χ3v) is 5.01. The van der Waals surface area contributed by atoms with Crippen LogP contribution in [0.1, 0.15) is 58.9 Å². The number of hydrogen-bond acceptors (Lipinski definition) is 5. The molecule has 1 aliphatic carbocycles. The van der Waals surface area contributed by atoms with Gasteiger partial charge in [0.15, 0.2) is 5.82 Å². The Balaban J connectivity index is 1.87. The largest absolute Gasteiger partial charge is 0.339 e. The Hall–Kier alpha value is -2.21. The molecule has 6 nitrogen and oxygen atoms in total. The Kier molecular flexibility index (Phi) is 4.90. The molecule has 1 aliphatic rings. The summed E-state index contributed by atoms with van der Waals surface area (Å²) in [5.41, 5.74) is 2.31. The number of carbonyl (C=O) groups is 1. The van der Waals surface area contributed by atoms with Gasteiger partial charge in [0.25, 0.3) is 5.91 Å². The average Bonchev–Trinajstić information content (AvgIpc) is 3.19. The van der Waals surface area contributed by atoms with E-state index >= 15 is 0 Å². The predicted octanol–water partition coefficient (Wildman–Crippen LogP) is 2.95. The molecule has 0 bridgehead atoms. The minimum Gasteiger partial charge on any atom is -0.339 e. The number of carbonyl (C=O) groups excluding carboxylic acids is 1. The molecule has 1 aromatic heterocycles. The van der Waals surface area contributed by atoms with Gasteiger partial charge in [0.2, 0.25) is 5.89 Å². The molecule has 1 aromatic carbocycles. The highest BCUT2D eigenvalue weighted by molar-refractivity contribution is 5.96. The number of aryl methyl sites for hydroxylation is 1. The van der Waals surface area contributed by atoms with E-state index < -0.39 is 5.54 Å². The van der Waals surface area contributed by atoms with Gasteiger partial charge in [0.1, 0.15) is 5.54 Å². The summed E-state index contributed by atoms with van der Waals surface area (Å²) in [5, 5.41) is 7.40. The number of nitrogens with one attached hydrogen (secondary N) is 1. The molecule has 134 valence electrons. The normalized spacial score (nSPS) is 16.4. The summed E-state index contributed by atoms with van der Waals surface area (Å²) in [6.45, 7) is 4.59. The smallest absolute Gasteiger partial charge is 0.252 e. The molecular formula is C19H26N4O2. The van der Waals surface area contributed by atoms with Crippen LogP contribution in [0.2, 0.25) is 0 Å². The highest BCUT2D eigenvalue weighted by Crippen LogP contribution is 2.37. The lowest BCUT2D eigenvalue weighted by Crippen LogP contribution is -2.45.